The maximum Gasteiger partial charge on any atom is 0.256 e. The zero-order valence-electron chi connectivity index (χ0n) is 14.5. The van der Waals surface area contributed by atoms with Crippen molar-refractivity contribution < 1.29 is 17.9 Å². The molecule has 0 radical (unpaired) electrons. The third-order valence-electron chi connectivity index (χ3n) is 4.16. The molecule has 0 saturated carbocycles. The van der Waals surface area contributed by atoms with Crippen LogP contribution in [0.3, 0.4) is 0 Å². The Kier molecular flexibility index (Phi) is 6.22. The molecule has 27 heavy (non-hydrogen) atoms. The first-order chi connectivity index (χ1) is 12.8. The van der Waals surface area contributed by atoms with Crippen LogP contribution in [-0.2, 0) is 14.8 Å². The fourth-order valence-electron chi connectivity index (χ4n) is 2.69. The molecule has 0 aliphatic carbocycles. The average molecular weight is 474 g/mol. The Morgan fingerprint density at radius 1 is 1.19 bits per heavy atom. The molecule has 1 heterocycles. The van der Waals surface area contributed by atoms with Crippen LogP contribution in [0.1, 0.15) is 15.9 Å². The van der Waals surface area contributed by atoms with Gasteiger partial charge in [0.05, 0.1) is 34.4 Å². The van der Waals surface area contributed by atoms with Gasteiger partial charge in [-0.25, -0.2) is 8.42 Å². The van der Waals surface area contributed by atoms with E-state index in [1.54, 1.807) is 18.2 Å². The molecular weight excluding hydrogens is 456 g/mol. The molecule has 1 N–H and O–H groups in total. The molecule has 0 unspecified atom stereocenters. The normalized spacial score (nSPS) is 15.5. The summed E-state index contributed by atoms with van der Waals surface area (Å²) >= 11 is 9.48. The number of hydrogen-bond donors (Lipinski definition) is 1. The van der Waals surface area contributed by atoms with Crippen molar-refractivity contribution >= 4 is 49.1 Å². The highest BCUT2D eigenvalue weighted by molar-refractivity contribution is 9.10. The average Bonchev–Trinajstić information content (AvgIpc) is 2.65. The molecule has 0 bridgehead atoms. The van der Waals surface area contributed by atoms with E-state index >= 15 is 0 Å². The molecule has 0 spiro atoms. The van der Waals surface area contributed by atoms with Gasteiger partial charge in [-0.3, -0.25) is 4.79 Å². The van der Waals surface area contributed by atoms with Gasteiger partial charge in [0.1, 0.15) is 0 Å². The second-order valence-electron chi connectivity index (χ2n) is 6.10. The molecule has 1 saturated heterocycles. The minimum atomic E-state index is -3.70. The van der Waals surface area contributed by atoms with Crippen LogP contribution in [0.4, 0.5) is 5.69 Å². The third kappa shape index (κ3) is 4.52. The van der Waals surface area contributed by atoms with Gasteiger partial charge in [0, 0.05) is 17.6 Å². The van der Waals surface area contributed by atoms with Gasteiger partial charge < -0.3 is 10.1 Å². The number of amides is 1. The van der Waals surface area contributed by atoms with Crippen LogP contribution in [0.15, 0.2) is 45.8 Å². The van der Waals surface area contributed by atoms with Crippen molar-refractivity contribution in [2.45, 2.75) is 11.8 Å². The van der Waals surface area contributed by atoms with Crippen LogP contribution in [0, 0.1) is 6.92 Å². The second-order valence-corrected chi connectivity index (χ2v) is 9.30. The van der Waals surface area contributed by atoms with Crippen molar-refractivity contribution in [3.63, 3.8) is 0 Å². The molecule has 1 amide bonds. The van der Waals surface area contributed by atoms with Crippen LogP contribution < -0.4 is 5.32 Å². The monoisotopic (exact) mass is 472 g/mol. The van der Waals surface area contributed by atoms with Gasteiger partial charge >= 0.3 is 0 Å². The third-order valence-corrected chi connectivity index (χ3v) is 7.06. The van der Waals surface area contributed by atoms with E-state index in [0.717, 1.165) is 5.56 Å². The van der Waals surface area contributed by atoms with Gasteiger partial charge in [-0.2, -0.15) is 4.31 Å². The van der Waals surface area contributed by atoms with E-state index in [2.05, 4.69) is 21.2 Å². The summed E-state index contributed by atoms with van der Waals surface area (Å²) in [5, 5.41) is 3.14. The summed E-state index contributed by atoms with van der Waals surface area (Å²) in [7, 11) is -3.70. The van der Waals surface area contributed by atoms with Crippen molar-refractivity contribution in [2.24, 2.45) is 0 Å². The number of nitrogens with one attached hydrogen (secondary N) is 1. The number of carbonyl (C=O) groups is 1. The van der Waals surface area contributed by atoms with Gasteiger partial charge in [0.2, 0.25) is 10.0 Å². The summed E-state index contributed by atoms with van der Waals surface area (Å²) in [5.74, 6) is -0.452. The molecule has 9 heteroatoms. The van der Waals surface area contributed by atoms with Gasteiger partial charge in [-0.05, 0) is 58.7 Å². The summed E-state index contributed by atoms with van der Waals surface area (Å²) in [5.41, 5.74) is 1.64. The minimum Gasteiger partial charge on any atom is -0.379 e. The van der Waals surface area contributed by atoms with Gasteiger partial charge in [0.15, 0.2) is 0 Å². The van der Waals surface area contributed by atoms with Crippen molar-refractivity contribution in [3.8, 4) is 0 Å². The van der Waals surface area contributed by atoms with Gasteiger partial charge in [-0.15, -0.1) is 0 Å². The first-order valence-corrected chi connectivity index (χ1v) is 10.8. The lowest BCUT2D eigenvalue weighted by Gasteiger charge is -2.26. The Hall–Kier alpha value is -1.45. The van der Waals surface area contributed by atoms with Crippen LogP contribution in [0.25, 0.3) is 0 Å². The number of anilines is 1. The van der Waals surface area contributed by atoms with Crippen molar-refractivity contribution in [2.75, 3.05) is 31.6 Å². The maximum absolute atomic E-state index is 12.8. The highest BCUT2D eigenvalue weighted by Crippen LogP contribution is 2.27. The summed E-state index contributed by atoms with van der Waals surface area (Å²) in [6, 6.07) is 9.68. The van der Waals surface area contributed by atoms with Gasteiger partial charge in [0.25, 0.3) is 5.91 Å². The van der Waals surface area contributed by atoms with E-state index in [9.17, 15) is 13.2 Å². The number of carbonyl (C=O) groups excluding carboxylic acids is 1. The Bertz CT molecular complexity index is 975. The summed E-state index contributed by atoms with van der Waals surface area (Å²) in [6.45, 7) is 3.19. The lowest BCUT2D eigenvalue weighted by Crippen LogP contribution is -2.40. The molecular formula is C18H18BrClN2O4S. The largest absolute Gasteiger partial charge is 0.379 e. The second kappa shape index (κ2) is 8.28. The lowest BCUT2D eigenvalue weighted by atomic mass is 10.2. The Labute approximate surface area is 171 Å². The highest BCUT2D eigenvalue weighted by atomic mass is 79.9. The van der Waals surface area contributed by atoms with E-state index < -0.39 is 15.9 Å². The first-order valence-electron chi connectivity index (χ1n) is 8.24. The number of ether oxygens (including phenoxy) is 1. The number of morpholine rings is 1. The molecule has 3 rings (SSSR count). The number of rotatable bonds is 4. The SMILES string of the molecule is Cc1ccc(NC(=O)c2cc(S(=O)(=O)N3CCOCC3)ccc2Br)c(Cl)c1. The van der Waals surface area contributed by atoms with Crippen molar-refractivity contribution in [1.29, 1.82) is 0 Å². The summed E-state index contributed by atoms with van der Waals surface area (Å²) < 4.78 is 32.7. The smallest absolute Gasteiger partial charge is 0.256 e. The van der Waals surface area contributed by atoms with Crippen molar-refractivity contribution in [1.82, 2.24) is 4.31 Å². The van der Waals surface area contributed by atoms with Crippen LogP contribution in [0.5, 0.6) is 0 Å². The first kappa shape index (κ1) is 20.3. The number of aryl methyl sites for hydroxylation is 1. The predicted octanol–water partition coefficient (Wildman–Crippen LogP) is 3.68. The van der Waals surface area contributed by atoms with Crippen LogP contribution in [0.2, 0.25) is 5.02 Å². The quantitative estimate of drug-likeness (QED) is 0.735. The zero-order chi connectivity index (χ0) is 19.6. The molecule has 0 atom stereocenters. The fourth-order valence-corrected chi connectivity index (χ4v) is 4.83. The molecule has 6 nitrogen and oxygen atoms in total. The standard InChI is InChI=1S/C18H18BrClN2O4S/c1-12-2-5-17(16(20)10-12)21-18(23)14-11-13(3-4-15(14)19)27(24,25)22-6-8-26-9-7-22/h2-5,10-11H,6-9H2,1H3,(H,21,23). The number of halogens is 2. The van der Waals surface area contributed by atoms with E-state index in [1.165, 1.54) is 16.4 Å². The predicted molar refractivity (Wildman–Crippen MR) is 108 cm³/mol. The molecule has 0 aromatic heterocycles. The Morgan fingerprint density at radius 2 is 1.89 bits per heavy atom. The number of sulfonamides is 1. The maximum atomic E-state index is 12.8. The molecule has 144 valence electrons. The molecule has 1 aliphatic rings. The van der Waals surface area contributed by atoms with Crippen LogP contribution >= 0.6 is 27.5 Å². The molecule has 2 aromatic carbocycles. The highest BCUT2D eigenvalue weighted by Gasteiger charge is 2.27. The summed E-state index contributed by atoms with van der Waals surface area (Å²) in [4.78, 5) is 12.8. The lowest BCUT2D eigenvalue weighted by molar-refractivity contribution is 0.0730. The number of hydrogen-bond acceptors (Lipinski definition) is 4. The van der Waals surface area contributed by atoms with E-state index in [0.29, 0.717) is 41.5 Å². The summed E-state index contributed by atoms with van der Waals surface area (Å²) in [6.07, 6.45) is 0. The van der Waals surface area contributed by atoms with E-state index in [4.69, 9.17) is 16.3 Å². The van der Waals surface area contributed by atoms with Crippen LogP contribution in [-0.4, -0.2) is 44.9 Å². The number of benzene rings is 2. The zero-order valence-corrected chi connectivity index (χ0v) is 17.7. The molecule has 2 aromatic rings. The van der Waals surface area contributed by atoms with E-state index in [1.807, 2.05) is 13.0 Å². The number of nitrogens with zero attached hydrogens (tertiary/aromatic N) is 1. The Balaban J connectivity index is 1.89. The Morgan fingerprint density at radius 3 is 2.56 bits per heavy atom. The van der Waals surface area contributed by atoms with Gasteiger partial charge in [-0.1, -0.05) is 17.7 Å². The molecule has 1 aliphatic heterocycles. The van der Waals surface area contributed by atoms with Crippen molar-refractivity contribution in [3.05, 3.63) is 57.0 Å². The minimum absolute atomic E-state index is 0.0627. The fraction of sp³-hybridized carbons (Fsp3) is 0.278. The topological polar surface area (TPSA) is 75.7 Å². The van der Waals surface area contributed by atoms with E-state index in [-0.39, 0.29) is 10.5 Å². The molecule has 1 fully saturated rings.